The van der Waals surface area contributed by atoms with Gasteiger partial charge >= 0.3 is 0 Å². The van der Waals surface area contributed by atoms with Crippen LogP contribution in [0.15, 0.2) is 47.4 Å². The number of carbonyl (C=O) groups excluding carboxylic acids is 1. The lowest BCUT2D eigenvalue weighted by atomic mass is 10.2. The van der Waals surface area contributed by atoms with Gasteiger partial charge in [-0.1, -0.05) is 6.07 Å². The van der Waals surface area contributed by atoms with Crippen molar-refractivity contribution in [3.8, 4) is 10.6 Å². The van der Waals surface area contributed by atoms with Crippen LogP contribution in [0.4, 0.5) is 5.13 Å². The number of carbonyl (C=O) groups is 1. The minimum Gasteiger partial charge on any atom is -0.619 e. The first-order valence-electron chi connectivity index (χ1n) is 5.72. The van der Waals surface area contributed by atoms with Crippen LogP contribution < -0.4 is 10.0 Å². The molecule has 0 bridgehead atoms. The third-order valence-electron chi connectivity index (χ3n) is 2.56. The smallest absolute Gasteiger partial charge is 0.257 e. The van der Waals surface area contributed by atoms with Gasteiger partial charge in [-0.05, 0) is 11.4 Å². The summed E-state index contributed by atoms with van der Waals surface area (Å²) in [6.45, 7) is 0. The molecule has 0 radical (unpaired) electrons. The van der Waals surface area contributed by atoms with Crippen LogP contribution in [-0.4, -0.2) is 10.9 Å². The van der Waals surface area contributed by atoms with E-state index in [0.717, 1.165) is 10.6 Å². The lowest BCUT2D eigenvalue weighted by Gasteiger charge is -2.01. The molecule has 0 spiro atoms. The van der Waals surface area contributed by atoms with E-state index < -0.39 is 0 Å². The Morgan fingerprint density at radius 3 is 2.75 bits per heavy atom. The summed E-state index contributed by atoms with van der Waals surface area (Å²) in [6.07, 6.45) is 2.57. The quantitative estimate of drug-likeness (QED) is 0.597. The van der Waals surface area contributed by atoms with Crippen LogP contribution in [0.5, 0.6) is 0 Å². The molecule has 0 atom stereocenters. The fourth-order valence-electron chi connectivity index (χ4n) is 1.60. The third-order valence-corrected chi connectivity index (χ3v) is 4.21. The minimum absolute atomic E-state index is 0.280. The Hall–Kier alpha value is -2.25. The van der Waals surface area contributed by atoms with Crippen LogP contribution in [0, 0.1) is 5.21 Å². The van der Waals surface area contributed by atoms with Crippen molar-refractivity contribution in [3.05, 3.63) is 58.2 Å². The van der Waals surface area contributed by atoms with Gasteiger partial charge in [0.2, 0.25) is 0 Å². The van der Waals surface area contributed by atoms with Crippen molar-refractivity contribution in [2.24, 2.45) is 0 Å². The fraction of sp³-hybridized carbons (Fsp3) is 0. The van der Waals surface area contributed by atoms with Gasteiger partial charge < -0.3 is 5.21 Å². The van der Waals surface area contributed by atoms with Gasteiger partial charge in [0.1, 0.15) is 0 Å². The first-order chi connectivity index (χ1) is 9.72. The Labute approximate surface area is 122 Å². The van der Waals surface area contributed by atoms with Crippen LogP contribution >= 0.6 is 22.7 Å². The average Bonchev–Trinajstić information content (AvgIpc) is 3.09. The SMILES string of the molecule is O=C(Nc1nc(-c2cccs2)cs1)c1cc[n+]([O-])cc1. The normalized spacial score (nSPS) is 10.4. The van der Waals surface area contributed by atoms with Gasteiger partial charge in [0.25, 0.3) is 5.91 Å². The maximum atomic E-state index is 12.0. The molecule has 7 heteroatoms. The second-order valence-corrected chi connectivity index (χ2v) is 5.72. The molecule has 0 aromatic carbocycles. The topological polar surface area (TPSA) is 68.9 Å². The molecule has 3 aromatic heterocycles. The van der Waals surface area contributed by atoms with E-state index in [1.165, 1.54) is 35.9 Å². The van der Waals surface area contributed by atoms with Gasteiger partial charge in [0, 0.05) is 17.5 Å². The van der Waals surface area contributed by atoms with E-state index in [2.05, 4.69) is 10.3 Å². The molecule has 0 aliphatic heterocycles. The van der Waals surface area contributed by atoms with E-state index in [1.807, 2.05) is 22.9 Å². The molecule has 1 N–H and O–H groups in total. The molecule has 0 saturated heterocycles. The molecule has 0 aliphatic rings. The van der Waals surface area contributed by atoms with Crippen molar-refractivity contribution in [1.82, 2.24) is 4.98 Å². The summed E-state index contributed by atoms with van der Waals surface area (Å²) in [5.74, 6) is -0.280. The van der Waals surface area contributed by atoms with Gasteiger partial charge in [-0.25, -0.2) is 4.98 Å². The summed E-state index contributed by atoms with van der Waals surface area (Å²) in [6, 6.07) is 6.88. The molecule has 0 aliphatic carbocycles. The van der Waals surface area contributed by atoms with Crippen LogP contribution in [-0.2, 0) is 0 Å². The zero-order valence-electron chi connectivity index (χ0n) is 10.1. The van der Waals surface area contributed by atoms with E-state index in [1.54, 1.807) is 11.3 Å². The summed E-state index contributed by atoms with van der Waals surface area (Å²) in [5, 5.41) is 18.1. The highest BCUT2D eigenvalue weighted by Gasteiger charge is 2.11. The molecule has 100 valence electrons. The van der Waals surface area contributed by atoms with Crippen LogP contribution in [0.1, 0.15) is 10.4 Å². The second-order valence-electron chi connectivity index (χ2n) is 3.92. The van der Waals surface area contributed by atoms with Gasteiger partial charge in [0.05, 0.1) is 16.1 Å². The second kappa shape index (κ2) is 5.40. The lowest BCUT2D eigenvalue weighted by molar-refractivity contribution is -0.605. The first kappa shape index (κ1) is 12.8. The van der Waals surface area contributed by atoms with E-state index in [4.69, 9.17) is 0 Å². The number of aromatic nitrogens is 2. The Morgan fingerprint density at radius 1 is 1.25 bits per heavy atom. The number of amides is 1. The monoisotopic (exact) mass is 303 g/mol. The van der Waals surface area contributed by atoms with E-state index in [9.17, 15) is 10.0 Å². The number of hydrogen-bond acceptors (Lipinski definition) is 5. The predicted octanol–water partition coefficient (Wildman–Crippen LogP) is 2.76. The first-order valence-corrected chi connectivity index (χ1v) is 7.48. The van der Waals surface area contributed by atoms with Gasteiger partial charge in [0.15, 0.2) is 17.5 Å². The highest BCUT2D eigenvalue weighted by atomic mass is 32.1. The third kappa shape index (κ3) is 2.68. The molecule has 20 heavy (non-hydrogen) atoms. The molecule has 3 rings (SSSR count). The van der Waals surface area contributed by atoms with Gasteiger partial charge in [-0.2, -0.15) is 4.73 Å². The molecule has 3 heterocycles. The standard InChI is InChI=1S/C13H9N3O2S2/c17-12(9-3-5-16(18)6-4-9)15-13-14-10(8-20-13)11-2-1-7-19-11/h1-8H,(H,14,15,17). The Balaban J connectivity index is 1.75. The van der Waals surface area contributed by atoms with Gasteiger partial charge in [-0.15, -0.1) is 22.7 Å². The highest BCUT2D eigenvalue weighted by molar-refractivity contribution is 7.16. The van der Waals surface area contributed by atoms with Crippen LogP contribution in [0.25, 0.3) is 10.6 Å². The molecule has 5 nitrogen and oxygen atoms in total. The highest BCUT2D eigenvalue weighted by Crippen LogP contribution is 2.28. The zero-order chi connectivity index (χ0) is 13.9. The molecule has 3 aromatic rings. The van der Waals surface area contributed by atoms with E-state index >= 15 is 0 Å². The summed E-state index contributed by atoms with van der Waals surface area (Å²) >= 11 is 2.97. The number of nitrogens with zero attached hydrogens (tertiary/aromatic N) is 2. The average molecular weight is 303 g/mol. The maximum absolute atomic E-state index is 12.0. The number of hydrogen-bond donors (Lipinski definition) is 1. The largest absolute Gasteiger partial charge is 0.619 e. The molecule has 0 unspecified atom stereocenters. The Kier molecular flexibility index (Phi) is 3.44. The predicted molar refractivity (Wildman–Crippen MR) is 78.8 cm³/mol. The number of nitrogens with one attached hydrogen (secondary N) is 1. The van der Waals surface area contributed by atoms with E-state index in [0.29, 0.717) is 15.4 Å². The number of thiophene rings is 1. The number of thiazole rings is 1. The summed E-state index contributed by atoms with van der Waals surface area (Å²) in [5.41, 5.74) is 1.27. The Morgan fingerprint density at radius 2 is 2.05 bits per heavy atom. The van der Waals surface area contributed by atoms with Crippen molar-refractivity contribution in [3.63, 3.8) is 0 Å². The van der Waals surface area contributed by atoms with Crippen molar-refractivity contribution in [2.45, 2.75) is 0 Å². The summed E-state index contributed by atoms with van der Waals surface area (Å²) < 4.78 is 0.634. The summed E-state index contributed by atoms with van der Waals surface area (Å²) in [4.78, 5) is 17.4. The molecule has 0 saturated carbocycles. The number of rotatable bonds is 3. The molecule has 0 fully saturated rings. The van der Waals surface area contributed by atoms with E-state index in [-0.39, 0.29) is 5.91 Å². The number of anilines is 1. The summed E-state index contributed by atoms with van der Waals surface area (Å²) in [7, 11) is 0. The molecule has 1 amide bonds. The Bertz CT molecular complexity index is 720. The minimum atomic E-state index is -0.280. The lowest BCUT2D eigenvalue weighted by Crippen LogP contribution is -2.25. The van der Waals surface area contributed by atoms with Crippen LogP contribution in [0.2, 0.25) is 0 Å². The maximum Gasteiger partial charge on any atom is 0.257 e. The van der Waals surface area contributed by atoms with Crippen LogP contribution in [0.3, 0.4) is 0 Å². The molecular weight excluding hydrogens is 294 g/mol. The molecular formula is C13H9N3O2S2. The number of pyridine rings is 1. The van der Waals surface area contributed by atoms with Crippen molar-refractivity contribution in [1.29, 1.82) is 0 Å². The fourth-order valence-corrected chi connectivity index (χ4v) is 3.07. The van der Waals surface area contributed by atoms with Gasteiger partial charge in [-0.3, -0.25) is 10.1 Å². The van der Waals surface area contributed by atoms with Crippen molar-refractivity contribution in [2.75, 3.05) is 5.32 Å². The van der Waals surface area contributed by atoms with Crippen molar-refractivity contribution < 1.29 is 9.52 Å². The zero-order valence-corrected chi connectivity index (χ0v) is 11.8. The van der Waals surface area contributed by atoms with Crippen molar-refractivity contribution >= 4 is 33.7 Å².